The van der Waals surface area contributed by atoms with Crippen molar-refractivity contribution < 1.29 is 24.9 Å². The Morgan fingerprint density at radius 1 is 0.938 bits per heavy atom. The summed E-state index contributed by atoms with van der Waals surface area (Å²) >= 11 is 0. The van der Waals surface area contributed by atoms with Gasteiger partial charge in [-0.05, 0) is 96.7 Å². The SMILES string of the molecule is CC1CC(C(=O)O)OC2C1C1(C)CCC34CC35CCC(O)C(C)(C)C5CCC4C1(C)C2O. The fourth-order valence-electron chi connectivity index (χ4n) is 11.4. The van der Waals surface area contributed by atoms with E-state index >= 15 is 0 Å². The molecule has 1 heterocycles. The Bertz CT molecular complexity index is 855. The van der Waals surface area contributed by atoms with E-state index in [9.17, 15) is 20.1 Å². The number of carbonyl (C=O) groups is 1. The molecule has 0 aromatic carbocycles. The van der Waals surface area contributed by atoms with E-state index in [-0.39, 0.29) is 45.7 Å². The fourth-order valence-corrected chi connectivity index (χ4v) is 11.4. The molecule has 0 radical (unpaired) electrons. The van der Waals surface area contributed by atoms with Crippen LogP contribution in [0.4, 0.5) is 0 Å². The lowest BCUT2D eigenvalue weighted by Crippen LogP contribution is -2.59. The van der Waals surface area contributed by atoms with Crippen LogP contribution in [-0.4, -0.2) is 45.7 Å². The lowest BCUT2D eigenvalue weighted by molar-refractivity contribution is -0.183. The number of carboxylic acids is 1. The molecule has 6 aliphatic rings. The Morgan fingerprint density at radius 2 is 1.59 bits per heavy atom. The molecule has 5 aliphatic carbocycles. The van der Waals surface area contributed by atoms with E-state index in [0.29, 0.717) is 23.7 Å². The Kier molecular flexibility index (Phi) is 4.18. The number of ether oxygens (including phenoxy) is 1. The van der Waals surface area contributed by atoms with Crippen molar-refractivity contribution in [1.29, 1.82) is 0 Å². The van der Waals surface area contributed by atoms with E-state index in [0.717, 1.165) is 32.1 Å². The average Bonchev–Trinajstić information content (AvgIpc) is 3.36. The molecule has 0 amide bonds. The van der Waals surface area contributed by atoms with Crippen molar-refractivity contribution >= 4 is 5.97 Å². The topological polar surface area (TPSA) is 87.0 Å². The molecule has 5 nitrogen and oxygen atoms in total. The monoisotopic (exact) mass is 446 g/mol. The summed E-state index contributed by atoms with van der Waals surface area (Å²) in [5.41, 5.74) is 0.286. The van der Waals surface area contributed by atoms with Crippen molar-refractivity contribution in [2.45, 2.75) is 110 Å². The first-order valence-electron chi connectivity index (χ1n) is 13.1. The zero-order chi connectivity index (χ0) is 23.1. The van der Waals surface area contributed by atoms with Crippen molar-refractivity contribution in [1.82, 2.24) is 0 Å². The molecular weight excluding hydrogens is 404 g/mol. The Balaban J connectivity index is 1.40. The molecule has 12 atom stereocenters. The van der Waals surface area contributed by atoms with Gasteiger partial charge in [0.05, 0.1) is 18.3 Å². The van der Waals surface area contributed by atoms with E-state index in [4.69, 9.17) is 4.74 Å². The summed E-state index contributed by atoms with van der Waals surface area (Å²) in [6.45, 7) is 11.5. The highest BCUT2D eigenvalue weighted by atomic mass is 16.5. The number of aliphatic hydroxyl groups is 2. The molecule has 2 spiro atoms. The molecule has 5 heteroatoms. The summed E-state index contributed by atoms with van der Waals surface area (Å²) in [4.78, 5) is 11.8. The van der Waals surface area contributed by atoms with Gasteiger partial charge in [-0.1, -0.05) is 34.6 Å². The summed E-state index contributed by atoms with van der Waals surface area (Å²) in [5.74, 6) is 0.575. The highest BCUT2D eigenvalue weighted by molar-refractivity contribution is 5.72. The van der Waals surface area contributed by atoms with Crippen LogP contribution in [0.3, 0.4) is 0 Å². The summed E-state index contributed by atoms with van der Waals surface area (Å²) < 4.78 is 6.17. The second-order valence-electron chi connectivity index (χ2n) is 13.9. The Labute approximate surface area is 192 Å². The molecule has 3 N–H and O–H groups in total. The fraction of sp³-hybridized carbons (Fsp3) is 0.963. The van der Waals surface area contributed by atoms with Crippen LogP contribution in [0.1, 0.15) is 86.0 Å². The highest BCUT2D eigenvalue weighted by Gasteiger charge is 2.84. The number of aliphatic hydroxyl groups excluding tert-OH is 2. The van der Waals surface area contributed by atoms with Gasteiger partial charge in [-0.2, -0.15) is 0 Å². The maximum atomic E-state index is 11.9. The number of hydrogen-bond acceptors (Lipinski definition) is 4. The summed E-state index contributed by atoms with van der Waals surface area (Å²) in [6, 6.07) is 0. The van der Waals surface area contributed by atoms with Crippen LogP contribution in [0.15, 0.2) is 0 Å². The predicted octanol–water partition coefficient (Wildman–Crippen LogP) is 4.25. The van der Waals surface area contributed by atoms with Gasteiger partial charge >= 0.3 is 5.97 Å². The molecule has 180 valence electrons. The van der Waals surface area contributed by atoms with Gasteiger partial charge in [0.15, 0.2) is 6.10 Å². The van der Waals surface area contributed by atoms with E-state index < -0.39 is 18.2 Å². The lowest BCUT2D eigenvalue weighted by atomic mass is 9.41. The number of aliphatic carboxylic acids is 1. The smallest absolute Gasteiger partial charge is 0.332 e. The standard InChI is InChI=1S/C27H42O5/c1-14-12-15(22(30)31)32-20-19(14)24(4)10-11-27-13-26(27)9-8-18(28)23(2,3)16(26)6-7-17(27)25(24,5)21(20)29/h14-21,28-29H,6-13H2,1-5H3,(H,30,31). The Hall–Kier alpha value is -0.650. The van der Waals surface area contributed by atoms with Crippen LogP contribution < -0.4 is 0 Å². The average molecular weight is 447 g/mol. The van der Waals surface area contributed by atoms with Gasteiger partial charge < -0.3 is 20.1 Å². The first-order chi connectivity index (χ1) is 14.9. The van der Waals surface area contributed by atoms with Crippen molar-refractivity contribution in [2.75, 3.05) is 0 Å². The van der Waals surface area contributed by atoms with Crippen LogP contribution in [0.2, 0.25) is 0 Å². The maximum absolute atomic E-state index is 11.9. The maximum Gasteiger partial charge on any atom is 0.332 e. The van der Waals surface area contributed by atoms with Gasteiger partial charge in [0.1, 0.15) is 0 Å². The van der Waals surface area contributed by atoms with Crippen molar-refractivity contribution in [3.8, 4) is 0 Å². The van der Waals surface area contributed by atoms with Gasteiger partial charge in [-0.3, -0.25) is 0 Å². The molecule has 0 bridgehead atoms. The minimum atomic E-state index is -0.895. The zero-order valence-corrected chi connectivity index (χ0v) is 20.4. The zero-order valence-electron chi connectivity index (χ0n) is 20.4. The van der Waals surface area contributed by atoms with Crippen molar-refractivity contribution in [2.24, 2.45) is 50.7 Å². The second-order valence-corrected chi connectivity index (χ2v) is 13.9. The quantitative estimate of drug-likeness (QED) is 0.561. The van der Waals surface area contributed by atoms with Gasteiger partial charge in [-0.15, -0.1) is 0 Å². The molecule has 5 saturated carbocycles. The van der Waals surface area contributed by atoms with Gasteiger partial charge in [0, 0.05) is 5.41 Å². The molecule has 6 rings (SSSR count). The normalized spacial score (nSPS) is 62.1. The predicted molar refractivity (Wildman–Crippen MR) is 120 cm³/mol. The van der Waals surface area contributed by atoms with Gasteiger partial charge in [0.2, 0.25) is 0 Å². The molecule has 6 fully saturated rings. The summed E-state index contributed by atoms with van der Waals surface area (Å²) in [6.07, 6.45) is 6.41. The third kappa shape index (κ3) is 2.13. The van der Waals surface area contributed by atoms with Crippen molar-refractivity contribution in [3.63, 3.8) is 0 Å². The van der Waals surface area contributed by atoms with Crippen LogP contribution in [0.25, 0.3) is 0 Å². The molecule has 32 heavy (non-hydrogen) atoms. The van der Waals surface area contributed by atoms with Gasteiger partial charge in [0.25, 0.3) is 0 Å². The Morgan fingerprint density at radius 3 is 2.28 bits per heavy atom. The van der Waals surface area contributed by atoms with Crippen molar-refractivity contribution in [3.05, 3.63) is 0 Å². The van der Waals surface area contributed by atoms with Crippen LogP contribution in [0.5, 0.6) is 0 Å². The first kappa shape index (κ1) is 21.9. The second kappa shape index (κ2) is 6.12. The van der Waals surface area contributed by atoms with Crippen LogP contribution in [-0.2, 0) is 9.53 Å². The molecule has 1 aliphatic heterocycles. The molecular formula is C27H42O5. The molecule has 0 aromatic rings. The van der Waals surface area contributed by atoms with Crippen LogP contribution in [0, 0.1) is 50.7 Å². The highest BCUT2D eigenvalue weighted by Crippen LogP contribution is 2.89. The minimum absolute atomic E-state index is 0.0315. The molecule has 1 saturated heterocycles. The van der Waals surface area contributed by atoms with E-state index in [1.807, 2.05) is 0 Å². The molecule has 12 unspecified atom stereocenters. The third-order valence-electron chi connectivity index (χ3n) is 13.1. The number of hydrogen-bond donors (Lipinski definition) is 3. The lowest BCUT2D eigenvalue weighted by Gasteiger charge is -2.63. The minimum Gasteiger partial charge on any atom is -0.479 e. The molecule has 0 aromatic heterocycles. The van der Waals surface area contributed by atoms with E-state index in [2.05, 4.69) is 34.6 Å². The largest absolute Gasteiger partial charge is 0.479 e. The number of carboxylic acid groups (broad SMARTS) is 1. The van der Waals surface area contributed by atoms with Gasteiger partial charge in [-0.25, -0.2) is 4.79 Å². The summed E-state index contributed by atoms with van der Waals surface area (Å²) in [7, 11) is 0. The number of fused-ring (bicyclic) bond motifs is 4. The number of rotatable bonds is 1. The van der Waals surface area contributed by atoms with Crippen LogP contribution >= 0.6 is 0 Å². The third-order valence-corrected chi connectivity index (χ3v) is 13.1. The van der Waals surface area contributed by atoms with E-state index in [1.165, 1.54) is 12.8 Å². The summed E-state index contributed by atoms with van der Waals surface area (Å²) in [5, 5.41) is 32.4. The first-order valence-corrected chi connectivity index (χ1v) is 13.1. The van der Waals surface area contributed by atoms with E-state index in [1.54, 1.807) is 0 Å².